The van der Waals surface area contributed by atoms with Gasteiger partial charge in [-0.1, -0.05) is 12.6 Å². The Balaban J connectivity index is 1.82. The van der Waals surface area contributed by atoms with Gasteiger partial charge in [0.25, 0.3) is 0 Å². The SMILES string of the molecule is C=CC(=O)Nc1cccc(Nc2nc(Nc3ccc(OC)nc3)ncc2C#N)c1. The zero-order valence-corrected chi connectivity index (χ0v) is 15.5. The molecule has 0 saturated heterocycles. The Labute approximate surface area is 167 Å². The first kappa shape index (κ1) is 19.3. The summed E-state index contributed by atoms with van der Waals surface area (Å²) in [5.41, 5.74) is 2.15. The molecule has 1 amide bonds. The summed E-state index contributed by atoms with van der Waals surface area (Å²) < 4.78 is 5.03. The Kier molecular flexibility index (Phi) is 5.97. The van der Waals surface area contributed by atoms with Crippen molar-refractivity contribution >= 4 is 34.7 Å². The van der Waals surface area contributed by atoms with Gasteiger partial charge in [0.2, 0.25) is 17.7 Å². The Hall–Kier alpha value is -4.45. The van der Waals surface area contributed by atoms with Crippen LogP contribution in [0, 0.1) is 11.3 Å². The van der Waals surface area contributed by atoms with Gasteiger partial charge in [-0.3, -0.25) is 4.79 Å². The van der Waals surface area contributed by atoms with Crippen molar-refractivity contribution in [3.8, 4) is 11.9 Å². The predicted octanol–water partition coefficient (Wildman–Crippen LogP) is 3.36. The lowest BCUT2D eigenvalue weighted by Gasteiger charge is -2.11. The average Bonchev–Trinajstić information content (AvgIpc) is 2.75. The van der Waals surface area contributed by atoms with E-state index in [0.717, 1.165) is 0 Å². The number of rotatable bonds is 7. The third kappa shape index (κ3) is 5.05. The van der Waals surface area contributed by atoms with Crippen LogP contribution >= 0.6 is 0 Å². The summed E-state index contributed by atoms with van der Waals surface area (Å²) in [4.78, 5) is 24.1. The number of aromatic nitrogens is 3. The maximum atomic E-state index is 11.5. The molecule has 3 rings (SSSR count). The van der Waals surface area contributed by atoms with Gasteiger partial charge in [-0.05, 0) is 30.3 Å². The fourth-order valence-corrected chi connectivity index (χ4v) is 2.33. The summed E-state index contributed by atoms with van der Waals surface area (Å²) >= 11 is 0. The number of hydrogen-bond acceptors (Lipinski definition) is 8. The van der Waals surface area contributed by atoms with Gasteiger partial charge in [-0.2, -0.15) is 10.2 Å². The number of hydrogen-bond donors (Lipinski definition) is 3. The highest BCUT2D eigenvalue weighted by Crippen LogP contribution is 2.23. The number of nitrogens with one attached hydrogen (secondary N) is 3. The highest BCUT2D eigenvalue weighted by atomic mass is 16.5. The molecule has 0 bridgehead atoms. The van der Waals surface area contributed by atoms with E-state index in [1.807, 2.05) is 0 Å². The Morgan fingerprint density at radius 2 is 1.97 bits per heavy atom. The van der Waals surface area contributed by atoms with Gasteiger partial charge in [0, 0.05) is 17.4 Å². The van der Waals surface area contributed by atoms with Crippen molar-refractivity contribution in [2.24, 2.45) is 0 Å². The highest BCUT2D eigenvalue weighted by Gasteiger charge is 2.09. The fourth-order valence-electron chi connectivity index (χ4n) is 2.33. The van der Waals surface area contributed by atoms with Crippen LogP contribution in [0.25, 0.3) is 0 Å². The van der Waals surface area contributed by atoms with Crippen LogP contribution in [0.3, 0.4) is 0 Å². The topological polar surface area (TPSA) is 125 Å². The molecule has 0 spiro atoms. The summed E-state index contributed by atoms with van der Waals surface area (Å²) in [7, 11) is 1.54. The Morgan fingerprint density at radius 3 is 2.66 bits per heavy atom. The molecular formula is C20H17N7O2. The normalized spacial score (nSPS) is 9.79. The molecule has 0 saturated carbocycles. The minimum atomic E-state index is -0.318. The van der Waals surface area contributed by atoms with Crippen molar-refractivity contribution in [3.05, 3.63) is 67.0 Å². The van der Waals surface area contributed by atoms with Gasteiger partial charge in [-0.25, -0.2) is 9.97 Å². The summed E-state index contributed by atoms with van der Waals surface area (Å²) in [6, 6.07) is 12.5. The van der Waals surface area contributed by atoms with Crippen molar-refractivity contribution < 1.29 is 9.53 Å². The molecule has 9 nitrogen and oxygen atoms in total. The molecule has 0 atom stereocenters. The molecule has 0 aliphatic rings. The van der Waals surface area contributed by atoms with E-state index < -0.39 is 0 Å². The first-order valence-electron chi connectivity index (χ1n) is 8.46. The first-order valence-corrected chi connectivity index (χ1v) is 8.46. The quantitative estimate of drug-likeness (QED) is 0.527. The van der Waals surface area contributed by atoms with Crippen LogP contribution in [-0.2, 0) is 4.79 Å². The fraction of sp³-hybridized carbons (Fsp3) is 0.0500. The van der Waals surface area contributed by atoms with Crippen LogP contribution < -0.4 is 20.7 Å². The van der Waals surface area contributed by atoms with Crippen LogP contribution in [0.1, 0.15) is 5.56 Å². The average molecular weight is 387 g/mol. The second-order valence-corrected chi connectivity index (χ2v) is 5.68. The first-order chi connectivity index (χ1) is 14.1. The molecule has 0 unspecified atom stereocenters. The number of carbonyl (C=O) groups is 1. The summed E-state index contributed by atoms with van der Waals surface area (Å²) in [5, 5.41) is 18.1. The van der Waals surface area contributed by atoms with Gasteiger partial charge in [0.1, 0.15) is 11.6 Å². The van der Waals surface area contributed by atoms with Crippen molar-refractivity contribution in [1.29, 1.82) is 5.26 Å². The van der Waals surface area contributed by atoms with E-state index in [9.17, 15) is 10.1 Å². The molecule has 0 aliphatic heterocycles. The van der Waals surface area contributed by atoms with Crippen LogP contribution in [0.2, 0.25) is 0 Å². The largest absolute Gasteiger partial charge is 0.481 e. The monoisotopic (exact) mass is 387 g/mol. The van der Waals surface area contributed by atoms with E-state index in [0.29, 0.717) is 28.8 Å². The van der Waals surface area contributed by atoms with Crippen molar-refractivity contribution in [3.63, 3.8) is 0 Å². The second-order valence-electron chi connectivity index (χ2n) is 5.68. The van der Waals surface area contributed by atoms with Crippen LogP contribution in [-0.4, -0.2) is 28.0 Å². The van der Waals surface area contributed by atoms with E-state index in [4.69, 9.17) is 4.74 Å². The van der Waals surface area contributed by atoms with Crippen LogP contribution in [0.15, 0.2) is 61.4 Å². The predicted molar refractivity (Wildman–Crippen MR) is 109 cm³/mol. The zero-order valence-electron chi connectivity index (χ0n) is 15.5. The van der Waals surface area contributed by atoms with E-state index in [1.54, 1.807) is 42.6 Å². The van der Waals surface area contributed by atoms with Gasteiger partial charge in [0.15, 0.2) is 5.82 Å². The lowest BCUT2D eigenvalue weighted by molar-refractivity contribution is -0.111. The molecule has 2 heterocycles. The number of benzene rings is 1. The van der Waals surface area contributed by atoms with Gasteiger partial charge >= 0.3 is 0 Å². The molecule has 9 heteroatoms. The van der Waals surface area contributed by atoms with Crippen molar-refractivity contribution in [1.82, 2.24) is 15.0 Å². The smallest absolute Gasteiger partial charge is 0.247 e. The minimum Gasteiger partial charge on any atom is -0.481 e. The molecule has 3 aromatic rings. The van der Waals surface area contributed by atoms with Crippen LogP contribution in [0.5, 0.6) is 5.88 Å². The number of ether oxygens (including phenoxy) is 1. The standard InChI is InChI=1S/C20H17N7O2/c1-3-17(28)24-14-5-4-6-15(9-14)25-19-13(10-21)11-23-20(27-19)26-16-7-8-18(29-2)22-12-16/h3-9,11-12H,1H2,2H3,(H,24,28)(H2,23,25,26,27). The number of amides is 1. The number of anilines is 5. The molecule has 29 heavy (non-hydrogen) atoms. The second kappa shape index (κ2) is 8.96. The zero-order chi connectivity index (χ0) is 20.6. The lowest BCUT2D eigenvalue weighted by Crippen LogP contribution is -2.07. The van der Waals surface area contributed by atoms with Crippen LogP contribution in [0.4, 0.5) is 28.8 Å². The molecule has 0 radical (unpaired) electrons. The number of methoxy groups -OCH3 is 1. The Bertz CT molecular complexity index is 1070. The Morgan fingerprint density at radius 1 is 1.14 bits per heavy atom. The number of carbonyl (C=O) groups excluding carboxylic acids is 1. The van der Waals surface area contributed by atoms with E-state index >= 15 is 0 Å². The number of pyridine rings is 1. The molecule has 0 fully saturated rings. The summed E-state index contributed by atoms with van der Waals surface area (Å²) in [6.07, 6.45) is 4.18. The third-order valence-electron chi connectivity index (χ3n) is 3.69. The minimum absolute atomic E-state index is 0.268. The molecular weight excluding hydrogens is 370 g/mol. The molecule has 144 valence electrons. The molecule has 3 N–H and O–H groups in total. The number of nitrogens with zero attached hydrogens (tertiary/aromatic N) is 4. The van der Waals surface area contributed by atoms with Gasteiger partial charge in [0.05, 0.1) is 25.2 Å². The number of nitriles is 1. The maximum Gasteiger partial charge on any atom is 0.247 e. The molecule has 0 aliphatic carbocycles. The van der Waals surface area contributed by atoms with E-state index in [2.05, 4.69) is 43.6 Å². The molecule has 1 aromatic carbocycles. The van der Waals surface area contributed by atoms with Crippen molar-refractivity contribution in [2.45, 2.75) is 0 Å². The highest BCUT2D eigenvalue weighted by molar-refractivity contribution is 5.99. The maximum absolute atomic E-state index is 11.5. The molecule has 2 aromatic heterocycles. The van der Waals surface area contributed by atoms with E-state index in [1.165, 1.54) is 19.4 Å². The van der Waals surface area contributed by atoms with Crippen molar-refractivity contribution in [2.75, 3.05) is 23.1 Å². The van der Waals surface area contributed by atoms with Gasteiger partial charge in [-0.15, -0.1) is 0 Å². The third-order valence-corrected chi connectivity index (χ3v) is 3.69. The van der Waals surface area contributed by atoms with E-state index in [-0.39, 0.29) is 17.4 Å². The lowest BCUT2D eigenvalue weighted by atomic mass is 10.2. The van der Waals surface area contributed by atoms with Gasteiger partial charge < -0.3 is 20.7 Å². The summed E-state index contributed by atoms with van der Waals surface area (Å²) in [5.74, 6) is 0.775. The summed E-state index contributed by atoms with van der Waals surface area (Å²) in [6.45, 7) is 3.42.